The van der Waals surface area contributed by atoms with Gasteiger partial charge in [-0.1, -0.05) is 41.9 Å². The number of benzene rings is 2. The summed E-state index contributed by atoms with van der Waals surface area (Å²) in [5.74, 6) is 2.02. The van der Waals surface area contributed by atoms with Gasteiger partial charge in [0, 0.05) is 54.5 Å². The van der Waals surface area contributed by atoms with E-state index >= 15 is 0 Å². The molecule has 5 aromatic rings. The van der Waals surface area contributed by atoms with E-state index in [1.165, 1.54) is 30.8 Å². The maximum absolute atomic E-state index is 13.9. The number of hydrogen-bond acceptors (Lipinski definition) is 9. The summed E-state index contributed by atoms with van der Waals surface area (Å²) < 4.78 is 39.9. The molecule has 15 heteroatoms. The normalized spacial score (nSPS) is 15.6. The van der Waals surface area contributed by atoms with Crippen LogP contribution in [-0.2, 0) is 40.1 Å². The van der Waals surface area contributed by atoms with Gasteiger partial charge in [0.25, 0.3) is 12.0 Å². The van der Waals surface area contributed by atoms with Gasteiger partial charge in [0.2, 0.25) is 5.88 Å². The molecule has 1 amide bonds. The molecule has 1 fully saturated rings. The molecular weight excluding hydrogens is 783 g/mol. The molecule has 1 atom stereocenters. The van der Waals surface area contributed by atoms with Crippen molar-refractivity contribution in [3.8, 4) is 28.3 Å². The number of likely N-dealkylation sites (tertiary alicyclic amines) is 1. The summed E-state index contributed by atoms with van der Waals surface area (Å²) in [4.78, 5) is 37.8. The van der Waals surface area contributed by atoms with E-state index in [1.807, 2.05) is 43.7 Å². The number of carbonyl (C=O) groups excluding carboxylic acids is 1. The average molecular weight is 825 g/mol. The average Bonchev–Trinajstić information content (AvgIpc) is 3.84. The van der Waals surface area contributed by atoms with Gasteiger partial charge in [-0.05, 0) is 67.7 Å². The number of alkyl halides is 2. The molecular formula is C41H42ClF2MnN7O4. The van der Waals surface area contributed by atoms with Crippen molar-refractivity contribution >= 4 is 40.3 Å². The zero-order valence-electron chi connectivity index (χ0n) is 31.5. The Morgan fingerprint density at radius 1 is 1.11 bits per heavy atom. The molecule has 2 aromatic carbocycles. The number of halogens is 3. The number of aromatic nitrogens is 4. The fourth-order valence-corrected chi connectivity index (χ4v) is 8.09. The Morgan fingerprint density at radius 3 is 2.62 bits per heavy atom. The molecule has 11 nitrogen and oxygen atoms in total. The predicted octanol–water partition coefficient (Wildman–Crippen LogP) is 7.38. The number of amides is 1. The number of rotatable bonds is 14. The number of anilines is 2. The molecule has 7 rings (SSSR count). The Hall–Kier alpha value is -4.46. The number of nitrogens with zero attached hydrogens (tertiary/aromatic N) is 6. The second-order valence-electron chi connectivity index (χ2n) is 13.9. The Kier molecular flexibility index (Phi) is 13.1. The van der Waals surface area contributed by atoms with E-state index in [-0.39, 0.29) is 39.7 Å². The number of hydrogen-bond donors (Lipinski definition) is 1. The molecule has 1 saturated heterocycles. The number of ether oxygens (including phenoxy) is 2. The molecule has 3 aromatic heterocycles. The topological polar surface area (TPSA) is 115 Å². The monoisotopic (exact) mass is 824 g/mol. The molecule has 2 aliphatic rings. The summed E-state index contributed by atoms with van der Waals surface area (Å²) in [6.07, 6.45) is 4.22. The van der Waals surface area contributed by atoms with E-state index in [0.29, 0.717) is 42.0 Å². The van der Waals surface area contributed by atoms with Crippen molar-refractivity contribution in [1.82, 2.24) is 29.5 Å². The first-order valence-corrected chi connectivity index (χ1v) is 18.6. The maximum atomic E-state index is 13.9. The van der Waals surface area contributed by atoms with Crippen LogP contribution in [0, 0.1) is 12.8 Å². The van der Waals surface area contributed by atoms with Gasteiger partial charge < -0.3 is 29.4 Å². The first-order chi connectivity index (χ1) is 26.6. The molecule has 1 radical (unpaired) electrons. The first-order valence-electron chi connectivity index (χ1n) is 18.2. The molecule has 4 heterocycles. The largest absolute Gasteiger partial charge is 2.00 e. The minimum absolute atomic E-state index is 0. The van der Waals surface area contributed by atoms with E-state index in [0.717, 1.165) is 71.3 Å². The molecule has 293 valence electrons. The van der Waals surface area contributed by atoms with E-state index < -0.39 is 17.7 Å². The van der Waals surface area contributed by atoms with Crippen LogP contribution in [0.3, 0.4) is 0 Å². The van der Waals surface area contributed by atoms with E-state index in [2.05, 4.69) is 26.4 Å². The molecule has 1 unspecified atom stereocenters. The third-order valence-electron chi connectivity index (χ3n) is 10.7. The van der Waals surface area contributed by atoms with Crippen LogP contribution in [0.25, 0.3) is 33.2 Å². The fourth-order valence-electron chi connectivity index (χ4n) is 7.76. The molecule has 1 aliphatic carbocycles. The fraction of sp³-hybridized carbons (Fsp3) is 0.366. The smallest absolute Gasteiger partial charge is 0.520 e. The van der Waals surface area contributed by atoms with Gasteiger partial charge in [-0.2, -0.15) is 24.4 Å². The molecule has 1 N–H and O–H groups in total. The number of methoxy groups -OCH3 is 2. The van der Waals surface area contributed by atoms with Gasteiger partial charge in [-0.3, -0.25) is 10.7 Å². The quantitative estimate of drug-likeness (QED) is 0.0697. The van der Waals surface area contributed by atoms with Gasteiger partial charge in [0.1, 0.15) is 11.5 Å². The van der Waals surface area contributed by atoms with E-state index in [4.69, 9.17) is 26.1 Å². The minimum Gasteiger partial charge on any atom is -0.520 e. The second-order valence-corrected chi connectivity index (χ2v) is 14.3. The van der Waals surface area contributed by atoms with Crippen LogP contribution >= 0.6 is 11.6 Å². The predicted molar refractivity (Wildman–Crippen MR) is 209 cm³/mol. The standard InChI is InChI=1S/C41H42ClF2N7O4.Mn/c1-24-28(7-6-10-31(24)46-39-36-27(20-33(47-39)38(43)44)21-45-49(2)41(36)53)29-8-5-9-30(37(29)42)32-19-26-11-12-34(35(26)40(48-32)55-4)51-16-14-25(22-51)13-15-50(23-52)17-18-54-3;/h5-10,19-21,34,38H,11-18,22H2,1-4H3,(H,46,47);/q-2;+2. The summed E-state index contributed by atoms with van der Waals surface area (Å²) in [6.45, 7) is 5.36. The third kappa shape index (κ3) is 8.17. The number of aryl methyl sites for hydroxylation is 2. The second kappa shape index (κ2) is 17.8. The van der Waals surface area contributed by atoms with Crippen LogP contribution in [0.2, 0.25) is 5.02 Å². The Bertz CT molecular complexity index is 2290. The van der Waals surface area contributed by atoms with Crippen molar-refractivity contribution < 1.29 is 40.1 Å². The van der Waals surface area contributed by atoms with Gasteiger partial charge in [0.15, 0.2) is 0 Å². The van der Waals surface area contributed by atoms with E-state index in [9.17, 15) is 18.4 Å². The third-order valence-corrected chi connectivity index (χ3v) is 11.1. The van der Waals surface area contributed by atoms with Crippen LogP contribution in [0.1, 0.15) is 54.1 Å². The Morgan fingerprint density at radius 2 is 1.88 bits per heavy atom. The molecule has 0 spiro atoms. The van der Waals surface area contributed by atoms with Crippen molar-refractivity contribution in [2.45, 2.75) is 45.1 Å². The molecule has 0 saturated carbocycles. The zero-order chi connectivity index (χ0) is 38.8. The zero-order valence-corrected chi connectivity index (χ0v) is 33.5. The van der Waals surface area contributed by atoms with Gasteiger partial charge >= 0.3 is 17.1 Å². The van der Waals surface area contributed by atoms with Crippen molar-refractivity contribution in [2.75, 3.05) is 52.3 Å². The van der Waals surface area contributed by atoms with Crippen LogP contribution in [0.15, 0.2) is 59.5 Å². The van der Waals surface area contributed by atoms with Crippen molar-refractivity contribution in [3.05, 3.63) is 98.4 Å². The minimum atomic E-state index is -2.84. The molecule has 0 bridgehead atoms. The Labute approximate surface area is 339 Å². The summed E-state index contributed by atoms with van der Waals surface area (Å²) in [5.41, 5.74) is 5.74. The molecule has 56 heavy (non-hydrogen) atoms. The van der Waals surface area contributed by atoms with Crippen LogP contribution in [0.4, 0.5) is 20.3 Å². The van der Waals surface area contributed by atoms with Crippen molar-refractivity contribution in [3.63, 3.8) is 0 Å². The van der Waals surface area contributed by atoms with Gasteiger partial charge in [-0.25, -0.2) is 23.4 Å². The van der Waals surface area contributed by atoms with Crippen molar-refractivity contribution in [2.24, 2.45) is 7.05 Å². The van der Waals surface area contributed by atoms with Gasteiger partial charge in [0.05, 0.1) is 36.0 Å². The summed E-state index contributed by atoms with van der Waals surface area (Å²) in [6, 6.07) is 14.9. The van der Waals surface area contributed by atoms with Crippen LogP contribution in [-0.4, -0.2) is 83.0 Å². The number of fused-ring (bicyclic) bond motifs is 2. The summed E-state index contributed by atoms with van der Waals surface area (Å²) in [7, 11) is 4.77. The summed E-state index contributed by atoms with van der Waals surface area (Å²) >= 11 is 7.23. The summed E-state index contributed by atoms with van der Waals surface area (Å²) in [5, 5.41) is 8.09. The van der Waals surface area contributed by atoms with Crippen LogP contribution in [0.5, 0.6) is 5.88 Å². The maximum Gasteiger partial charge on any atom is 2.00 e. The first kappa shape index (κ1) is 41.2. The van der Waals surface area contributed by atoms with Crippen molar-refractivity contribution in [1.29, 1.82) is 0 Å². The van der Waals surface area contributed by atoms with Crippen LogP contribution < -0.4 is 15.6 Å². The van der Waals surface area contributed by atoms with E-state index in [1.54, 1.807) is 25.2 Å². The van der Waals surface area contributed by atoms with Gasteiger partial charge in [-0.15, -0.1) is 6.54 Å². The number of nitrogens with one attached hydrogen (secondary N) is 1. The Balaban J connectivity index is 0.00000532. The molecule has 1 aliphatic heterocycles. The number of pyridine rings is 2. The SMILES string of the molecule is COCCN([C-]=O)CC[C-]1CCN(C2CCc3cc(-c4cccc(-c5cccc(Nc6nc(C(F)F)cc7cnn(C)c(=O)c67)c5C)c4Cl)nc(OC)c32)C1.[Mn+2].